The molecule has 0 saturated heterocycles. The Balaban J connectivity index is 2.21. The van der Waals surface area contributed by atoms with Crippen molar-refractivity contribution in [3.05, 3.63) is 29.8 Å². The van der Waals surface area contributed by atoms with Crippen molar-refractivity contribution in [1.29, 1.82) is 0 Å². The first-order chi connectivity index (χ1) is 8.86. The molecule has 1 aromatic carbocycles. The SMILES string of the molecule is C#CCCCNCc1ccc(OCCCC)cc1. The zero-order valence-corrected chi connectivity index (χ0v) is 11.2. The van der Waals surface area contributed by atoms with Gasteiger partial charge >= 0.3 is 0 Å². The Bertz CT molecular complexity index is 350. The highest BCUT2D eigenvalue weighted by Crippen LogP contribution is 2.12. The fourth-order valence-electron chi connectivity index (χ4n) is 1.59. The van der Waals surface area contributed by atoms with Crippen molar-refractivity contribution in [2.24, 2.45) is 0 Å². The second kappa shape index (κ2) is 9.56. The molecular formula is C16H23NO. The van der Waals surface area contributed by atoms with Gasteiger partial charge in [-0.3, -0.25) is 0 Å². The van der Waals surface area contributed by atoms with Gasteiger partial charge in [-0.1, -0.05) is 25.5 Å². The van der Waals surface area contributed by atoms with E-state index in [1.165, 1.54) is 12.0 Å². The third-order valence-electron chi connectivity index (χ3n) is 2.69. The Morgan fingerprint density at radius 3 is 2.67 bits per heavy atom. The number of ether oxygens (including phenoxy) is 1. The van der Waals surface area contributed by atoms with Crippen LogP contribution < -0.4 is 10.1 Å². The van der Waals surface area contributed by atoms with Crippen LogP contribution in [-0.4, -0.2) is 13.2 Å². The number of hydrogen-bond acceptors (Lipinski definition) is 2. The lowest BCUT2D eigenvalue weighted by molar-refractivity contribution is 0.309. The zero-order valence-electron chi connectivity index (χ0n) is 11.2. The van der Waals surface area contributed by atoms with Crippen LogP contribution >= 0.6 is 0 Å². The summed E-state index contributed by atoms with van der Waals surface area (Å²) in [5, 5.41) is 3.37. The first-order valence-corrected chi connectivity index (χ1v) is 6.72. The van der Waals surface area contributed by atoms with Gasteiger partial charge in [0.05, 0.1) is 6.61 Å². The highest BCUT2D eigenvalue weighted by Gasteiger charge is 1.95. The van der Waals surface area contributed by atoms with Crippen molar-refractivity contribution >= 4 is 0 Å². The Morgan fingerprint density at radius 2 is 2.00 bits per heavy atom. The summed E-state index contributed by atoms with van der Waals surface area (Å²) in [6.45, 7) is 4.83. The lowest BCUT2D eigenvalue weighted by atomic mass is 10.2. The Kier molecular flexibility index (Phi) is 7.75. The van der Waals surface area contributed by atoms with E-state index in [-0.39, 0.29) is 0 Å². The average Bonchev–Trinajstić information content (AvgIpc) is 2.40. The largest absolute Gasteiger partial charge is 0.494 e. The molecule has 0 amide bonds. The van der Waals surface area contributed by atoms with Crippen molar-refractivity contribution in [2.45, 2.75) is 39.2 Å². The van der Waals surface area contributed by atoms with Crippen LogP contribution in [0.1, 0.15) is 38.2 Å². The van der Waals surface area contributed by atoms with Gasteiger partial charge in [-0.15, -0.1) is 12.3 Å². The van der Waals surface area contributed by atoms with Gasteiger partial charge in [-0.25, -0.2) is 0 Å². The van der Waals surface area contributed by atoms with Crippen LogP contribution in [0, 0.1) is 12.3 Å². The molecule has 0 aliphatic heterocycles. The van der Waals surface area contributed by atoms with Crippen LogP contribution in [0.4, 0.5) is 0 Å². The third-order valence-corrected chi connectivity index (χ3v) is 2.69. The van der Waals surface area contributed by atoms with E-state index in [2.05, 4.69) is 30.3 Å². The van der Waals surface area contributed by atoms with Crippen molar-refractivity contribution in [1.82, 2.24) is 5.32 Å². The standard InChI is InChI=1S/C16H23NO/c1-3-5-7-12-17-14-15-8-10-16(11-9-15)18-13-6-4-2/h1,8-11,17H,4-7,12-14H2,2H3. The van der Waals surface area contributed by atoms with Crippen molar-refractivity contribution < 1.29 is 4.74 Å². The number of terminal acetylenes is 1. The van der Waals surface area contributed by atoms with Crippen LogP contribution in [0.15, 0.2) is 24.3 Å². The fraction of sp³-hybridized carbons (Fsp3) is 0.500. The molecule has 0 atom stereocenters. The van der Waals surface area contributed by atoms with Crippen molar-refractivity contribution in [3.63, 3.8) is 0 Å². The minimum Gasteiger partial charge on any atom is -0.494 e. The molecule has 0 aliphatic carbocycles. The van der Waals surface area contributed by atoms with E-state index in [1.807, 2.05) is 12.1 Å². The third kappa shape index (κ3) is 6.32. The van der Waals surface area contributed by atoms with Crippen LogP contribution in [0.25, 0.3) is 0 Å². The summed E-state index contributed by atoms with van der Waals surface area (Å²) in [6, 6.07) is 8.28. The summed E-state index contributed by atoms with van der Waals surface area (Å²) in [7, 11) is 0. The number of rotatable bonds is 9. The predicted molar refractivity (Wildman–Crippen MR) is 76.6 cm³/mol. The molecule has 2 heteroatoms. The Labute approximate surface area is 111 Å². The number of unbranched alkanes of at least 4 members (excludes halogenated alkanes) is 2. The van der Waals surface area contributed by atoms with Gasteiger partial charge in [-0.05, 0) is 37.1 Å². The smallest absolute Gasteiger partial charge is 0.119 e. The van der Waals surface area contributed by atoms with Crippen LogP contribution in [-0.2, 0) is 6.54 Å². The maximum absolute atomic E-state index is 5.62. The molecule has 0 radical (unpaired) electrons. The molecular weight excluding hydrogens is 222 g/mol. The molecule has 0 saturated carbocycles. The van der Waals surface area contributed by atoms with E-state index in [4.69, 9.17) is 11.2 Å². The minimum absolute atomic E-state index is 0.806. The summed E-state index contributed by atoms with van der Waals surface area (Å²) < 4.78 is 5.62. The summed E-state index contributed by atoms with van der Waals surface area (Å²) in [5.74, 6) is 3.60. The molecule has 0 unspecified atom stereocenters. The molecule has 0 spiro atoms. The summed E-state index contributed by atoms with van der Waals surface area (Å²) >= 11 is 0. The van der Waals surface area contributed by atoms with Gasteiger partial charge in [0.2, 0.25) is 0 Å². The summed E-state index contributed by atoms with van der Waals surface area (Å²) in [5.41, 5.74) is 1.28. The summed E-state index contributed by atoms with van der Waals surface area (Å²) in [4.78, 5) is 0. The van der Waals surface area contributed by atoms with Gasteiger partial charge < -0.3 is 10.1 Å². The molecule has 18 heavy (non-hydrogen) atoms. The maximum Gasteiger partial charge on any atom is 0.119 e. The van der Waals surface area contributed by atoms with E-state index >= 15 is 0 Å². The molecule has 1 rings (SSSR count). The van der Waals surface area contributed by atoms with Gasteiger partial charge in [-0.2, -0.15) is 0 Å². The molecule has 98 valence electrons. The molecule has 0 aliphatic rings. The molecule has 0 aromatic heterocycles. The number of nitrogens with one attached hydrogen (secondary N) is 1. The molecule has 0 fully saturated rings. The van der Waals surface area contributed by atoms with E-state index in [0.717, 1.165) is 44.7 Å². The highest BCUT2D eigenvalue weighted by atomic mass is 16.5. The van der Waals surface area contributed by atoms with Gasteiger partial charge in [0, 0.05) is 13.0 Å². The topological polar surface area (TPSA) is 21.3 Å². The first kappa shape index (κ1) is 14.6. The molecule has 1 N–H and O–H groups in total. The van der Waals surface area contributed by atoms with E-state index in [1.54, 1.807) is 0 Å². The van der Waals surface area contributed by atoms with Gasteiger partial charge in [0.15, 0.2) is 0 Å². The van der Waals surface area contributed by atoms with Gasteiger partial charge in [0.25, 0.3) is 0 Å². The van der Waals surface area contributed by atoms with E-state index < -0.39 is 0 Å². The van der Waals surface area contributed by atoms with E-state index in [9.17, 15) is 0 Å². The monoisotopic (exact) mass is 245 g/mol. The molecule has 0 bridgehead atoms. The zero-order chi connectivity index (χ0) is 13.1. The van der Waals surface area contributed by atoms with E-state index in [0.29, 0.717) is 0 Å². The highest BCUT2D eigenvalue weighted by molar-refractivity contribution is 5.27. The minimum atomic E-state index is 0.806. The second-order valence-electron chi connectivity index (χ2n) is 4.33. The lowest BCUT2D eigenvalue weighted by Gasteiger charge is -2.07. The first-order valence-electron chi connectivity index (χ1n) is 6.72. The second-order valence-corrected chi connectivity index (χ2v) is 4.33. The fourth-order valence-corrected chi connectivity index (χ4v) is 1.59. The predicted octanol–water partition coefficient (Wildman–Crippen LogP) is 3.37. The maximum atomic E-state index is 5.62. The van der Waals surface area contributed by atoms with Crippen LogP contribution in [0.3, 0.4) is 0 Å². The van der Waals surface area contributed by atoms with Crippen molar-refractivity contribution in [2.75, 3.05) is 13.2 Å². The summed E-state index contributed by atoms with van der Waals surface area (Å²) in [6.07, 6.45) is 9.35. The quantitative estimate of drug-likeness (QED) is 0.532. The van der Waals surface area contributed by atoms with Crippen molar-refractivity contribution in [3.8, 4) is 18.1 Å². The van der Waals surface area contributed by atoms with Crippen LogP contribution in [0.2, 0.25) is 0 Å². The normalized spacial score (nSPS) is 10.0. The molecule has 0 heterocycles. The molecule has 1 aromatic rings. The number of benzene rings is 1. The lowest BCUT2D eigenvalue weighted by Crippen LogP contribution is -2.14. The Hall–Kier alpha value is -1.46. The average molecular weight is 245 g/mol. The van der Waals surface area contributed by atoms with Gasteiger partial charge in [0.1, 0.15) is 5.75 Å². The Morgan fingerprint density at radius 1 is 1.22 bits per heavy atom. The number of hydrogen-bond donors (Lipinski definition) is 1. The van der Waals surface area contributed by atoms with Crippen LogP contribution in [0.5, 0.6) is 5.75 Å². The molecule has 2 nitrogen and oxygen atoms in total.